The van der Waals surface area contributed by atoms with Gasteiger partial charge in [-0.15, -0.1) is 11.3 Å². The molecule has 0 aliphatic carbocycles. The zero-order valence-corrected chi connectivity index (χ0v) is 16.2. The predicted molar refractivity (Wildman–Crippen MR) is 112 cm³/mol. The molecule has 1 saturated heterocycles. The van der Waals surface area contributed by atoms with Crippen LogP contribution in [0.25, 0.3) is 10.9 Å². The molecule has 2 aromatic heterocycles. The maximum absolute atomic E-state index is 11.8. The Bertz CT molecular complexity index is 954. The number of rotatable bonds is 6. The van der Waals surface area contributed by atoms with E-state index < -0.39 is 0 Å². The molecule has 0 spiro atoms. The van der Waals surface area contributed by atoms with Crippen LogP contribution in [0.15, 0.2) is 36.0 Å². The van der Waals surface area contributed by atoms with Crippen molar-refractivity contribution in [3.05, 3.63) is 51.0 Å². The Hall–Kier alpha value is -2.78. The molecule has 2 N–H and O–H groups in total. The monoisotopic (exact) mass is 398 g/mol. The Labute approximate surface area is 166 Å². The van der Waals surface area contributed by atoms with Gasteiger partial charge in [0.05, 0.1) is 10.4 Å². The molecule has 9 heteroatoms. The second kappa shape index (κ2) is 8.49. The molecule has 1 aromatic carbocycles. The minimum Gasteiger partial charge on any atom is -0.369 e. The van der Waals surface area contributed by atoms with Gasteiger partial charge in [0.25, 0.3) is 5.69 Å². The highest BCUT2D eigenvalue weighted by Gasteiger charge is 2.23. The number of nitrogens with zero attached hydrogens (tertiary/aromatic N) is 4. The first-order chi connectivity index (χ1) is 13.7. The molecular weight excluding hydrogens is 376 g/mol. The van der Waals surface area contributed by atoms with Crippen molar-refractivity contribution >= 4 is 39.4 Å². The number of aromatic nitrogens is 2. The molecule has 0 radical (unpaired) electrons. The Morgan fingerprint density at radius 1 is 1.29 bits per heavy atom. The molecule has 0 unspecified atom stereocenters. The first-order valence-electron chi connectivity index (χ1n) is 9.37. The molecule has 3 heterocycles. The van der Waals surface area contributed by atoms with E-state index in [4.69, 9.17) is 0 Å². The third kappa shape index (κ3) is 4.05. The summed E-state index contributed by atoms with van der Waals surface area (Å²) in [5.74, 6) is 0.633. The van der Waals surface area contributed by atoms with Crippen molar-refractivity contribution in [1.29, 1.82) is 0 Å². The molecule has 146 valence electrons. The van der Waals surface area contributed by atoms with Gasteiger partial charge in [-0.3, -0.25) is 10.1 Å². The van der Waals surface area contributed by atoms with Crippen LogP contribution < -0.4 is 15.5 Å². The van der Waals surface area contributed by atoms with Crippen molar-refractivity contribution in [2.75, 3.05) is 42.9 Å². The lowest BCUT2D eigenvalue weighted by Crippen LogP contribution is -2.28. The van der Waals surface area contributed by atoms with Crippen molar-refractivity contribution < 1.29 is 4.92 Å². The van der Waals surface area contributed by atoms with Gasteiger partial charge >= 0.3 is 0 Å². The topological polar surface area (TPSA) is 96.2 Å². The highest BCUT2D eigenvalue weighted by atomic mass is 32.1. The van der Waals surface area contributed by atoms with Gasteiger partial charge in [-0.1, -0.05) is 6.07 Å². The minimum absolute atomic E-state index is 0.102. The summed E-state index contributed by atoms with van der Waals surface area (Å²) in [4.78, 5) is 23.5. The summed E-state index contributed by atoms with van der Waals surface area (Å²) in [6, 6.07) is 7.56. The number of hydrogen-bond donors (Lipinski definition) is 2. The van der Waals surface area contributed by atoms with Crippen LogP contribution in [0.1, 0.15) is 11.3 Å². The third-order valence-corrected chi connectivity index (χ3v) is 5.79. The first kappa shape index (κ1) is 18.6. The quantitative estimate of drug-likeness (QED) is 0.487. The van der Waals surface area contributed by atoms with Crippen molar-refractivity contribution in [2.45, 2.75) is 12.8 Å². The van der Waals surface area contributed by atoms with Gasteiger partial charge in [-0.05, 0) is 36.9 Å². The van der Waals surface area contributed by atoms with E-state index >= 15 is 0 Å². The van der Waals surface area contributed by atoms with E-state index in [9.17, 15) is 10.1 Å². The minimum atomic E-state index is -0.310. The van der Waals surface area contributed by atoms with E-state index in [2.05, 4.69) is 36.9 Å². The molecule has 8 nitrogen and oxygen atoms in total. The maximum Gasteiger partial charge on any atom is 0.293 e. The van der Waals surface area contributed by atoms with Crippen LogP contribution in [0.3, 0.4) is 0 Å². The largest absolute Gasteiger partial charge is 0.369 e. The van der Waals surface area contributed by atoms with Gasteiger partial charge in [0, 0.05) is 42.5 Å². The van der Waals surface area contributed by atoms with E-state index in [0.29, 0.717) is 29.0 Å². The van der Waals surface area contributed by atoms with Crippen LogP contribution in [0.5, 0.6) is 0 Å². The van der Waals surface area contributed by atoms with Crippen molar-refractivity contribution in [3.8, 4) is 0 Å². The van der Waals surface area contributed by atoms with Gasteiger partial charge < -0.3 is 15.5 Å². The van der Waals surface area contributed by atoms with Crippen LogP contribution in [-0.4, -0.2) is 47.6 Å². The lowest BCUT2D eigenvalue weighted by Gasteiger charge is -2.22. The van der Waals surface area contributed by atoms with E-state index in [-0.39, 0.29) is 10.6 Å². The van der Waals surface area contributed by atoms with Gasteiger partial charge in [0.15, 0.2) is 0 Å². The zero-order valence-electron chi connectivity index (χ0n) is 15.4. The highest BCUT2D eigenvalue weighted by Crippen LogP contribution is 2.34. The molecule has 0 atom stereocenters. The number of nitrogens with one attached hydrogen (secondary N) is 2. The molecule has 0 amide bonds. The number of hydrogen-bond acceptors (Lipinski definition) is 8. The van der Waals surface area contributed by atoms with E-state index in [1.807, 2.05) is 12.1 Å². The predicted octanol–water partition coefficient (Wildman–Crippen LogP) is 3.05. The first-order valence-corrected chi connectivity index (χ1v) is 10.3. The summed E-state index contributed by atoms with van der Waals surface area (Å²) in [7, 11) is 0. The van der Waals surface area contributed by atoms with Crippen molar-refractivity contribution in [2.24, 2.45) is 0 Å². The molecule has 28 heavy (non-hydrogen) atoms. The normalized spacial score (nSPS) is 14.8. The number of benzene rings is 1. The summed E-state index contributed by atoms with van der Waals surface area (Å²) in [5, 5.41) is 21.2. The Morgan fingerprint density at radius 3 is 3.04 bits per heavy atom. The van der Waals surface area contributed by atoms with Crippen molar-refractivity contribution in [3.63, 3.8) is 0 Å². The number of anilines is 2. The molecule has 0 bridgehead atoms. The standard InChI is InChI=1S/C19H22N6O2S/c26-25(27)18-11-15-16(12-17(18)24-8-2-5-20-7-9-24)22-13-23-19(15)21-6-4-14-3-1-10-28-14/h1,3,10-13,20H,2,4-9H2,(H,21,22,23). The number of nitro groups is 1. The Morgan fingerprint density at radius 2 is 2.21 bits per heavy atom. The SMILES string of the molecule is O=[N+]([O-])c1cc2c(NCCc3cccs3)ncnc2cc1N1CCCNCC1. The second-order valence-electron chi connectivity index (χ2n) is 6.68. The summed E-state index contributed by atoms with van der Waals surface area (Å²) >= 11 is 1.71. The molecule has 0 saturated carbocycles. The van der Waals surface area contributed by atoms with Crippen molar-refractivity contribution in [1.82, 2.24) is 15.3 Å². The molecule has 3 aromatic rings. The third-order valence-electron chi connectivity index (χ3n) is 4.85. The van der Waals surface area contributed by atoms with Crippen LogP contribution in [0.2, 0.25) is 0 Å². The summed E-state index contributed by atoms with van der Waals surface area (Å²) in [6.07, 6.45) is 3.34. The highest BCUT2D eigenvalue weighted by molar-refractivity contribution is 7.09. The Balaban J connectivity index is 1.65. The lowest BCUT2D eigenvalue weighted by atomic mass is 10.1. The van der Waals surface area contributed by atoms with Gasteiger partial charge in [0.1, 0.15) is 17.8 Å². The van der Waals surface area contributed by atoms with E-state index in [1.54, 1.807) is 17.4 Å². The van der Waals surface area contributed by atoms with Gasteiger partial charge in [-0.2, -0.15) is 0 Å². The molecular formula is C19H22N6O2S. The van der Waals surface area contributed by atoms with Crippen LogP contribution in [-0.2, 0) is 6.42 Å². The maximum atomic E-state index is 11.8. The number of nitro benzene ring substituents is 1. The number of thiophene rings is 1. The van der Waals surface area contributed by atoms with E-state index in [0.717, 1.165) is 39.0 Å². The number of fused-ring (bicyclic) bond motifs is 1. The fourth-order valence-electron chi connectivity index (χ4n) is 3.47. The van der Waals surface area contributed by atoms with Gasteiger partial charge in [-0.25, -0.2) is 9.97 Å². The fraction of sp³-hybridized carbons (Fsp3) is 0.368. The smallest absolute Gasteiger partial charge is 0.293 e. The average Bonchev–Trinajstić information content (AvgIpc) is 3.07. The Kier molecular flexibility index (Phi) is 5.63. The van der Waals surface area contributed by atoms with Crippen LogP contribution in [0, 0.1) is 10.1 Å². The molecule has 4 rings (SSSR count). The van der Waals surface area contributed by atoms with Gasteiger partial charge in [0.2, 0.25) is 0 Å². The lowest BCUT2D eigenvalue weighted by molar-refractivity contribution is -0.384. The zero-order chi connectivity index (χ0) is 19.3. The summed E-state index contributed by atoms with van der Waals surface area (Å²) in [6.45, 7) is 3.98. The fourth-order valence-corrected chi connectivity index (χ4v) is 4.18. The van der Waals surface area contributed by atoms with E-state index in [1.165, 1.54) is 11.2 Å². The molecule has 1 aliphatic rings. The molecule has 1 aliphatic heterocycles. The average molecular weight is 398 g/mol. The summed E-state index contributed by atoms with van der Waals surface area (Å²) in [5.41, 5.74) is 1.45. The van der Waals surface area contributed by atoms with Crippen LogP contribution >= 0.6 is 11.3 Å². The van der Waals surface area contributed by atoms with Crippen LogP contribution in [0.4, 0.5) is 17.2 Å². The summed E-state index contributed by atoms with van der Waals surface area (Å²) < 4.78 is 0. The second-order valence-corrected chi connectivity index (χ2v) is 7.72. The molecule has 1 fully saturated rings.